The summed E-state index contributed by atoms with van der Waals surface area (Å²) >= 11 is 12.6. The Morgan fingerprint density at radius 2 is 1.80 bits per heavy atom. The number of carboxylic acids is 1. The molecule has 3 aromatic heterocycles. The number of aliphatic carboxylic acids is 1. The molecule has 0 radical (unpaired) electrons. The Balaban J connectivity index is 1.32. The standard InChI is InChI=1S/C29H31Cl2N7O3/c1-2-38-18-32-13-24(38)14-33-29-34-15-25(16-35-29)41-27-8-20(17-37-5-3-19(4-6-37)9-28(39)40)7-26(36-27)21-10-22(30)12-23(31)11-21/h7-8,10-13,15-16,18-19H,2-6,9,14,17H2,1H3,(H,39,40)(H,33,34,35). The van der Waals surface area contributed by atoms with Gasteiger partial charge in [-0.25, -0.2) is 19.9 Å². The summed E-state index contributed by atoms with van der Waals surface area (Å²) in [5.41, 5.74) is 3.49. The number of aromatic nitrogens is 5. The second-order valence-electron chi connectivity index (χ2n) is 10.0. The molecule has 0 aliphatic carbocycles. The number of hydrogen-bond donors (Lipinski definition) is 2. The van der Waals surface area contributed by atoms with E-state index in [-0.39, 0.29) is 12.3 Å². The molecule has 1 aromatic carbocycles. The molecule has 41 heavy (non-hydrogen) atoms. The lowest BCUT2D eigenvalue weighted by atomic mass is 9.93. The number of halogens is 2. The fourth-order valence-corrected chi connectivity index (χ4v) is 5.46. The van der Waals surface area contributed by atoms with Crippen molar-refractivity contribution in [2.24, 2.45) is 5.92 Å². The van der Waals surface area contributed by atoms with Crippen molar-refractivity contribution in [1.29, 1.82) is 0 Å². The van der Waals surface area contributed by atoms with Crippen LogP contribution in [0, 0.1) is 5.92 Å². The molecule has 4 heterocycles. The van der Waals surface area contributed by atoms with Gasteiger partial charge in [0, 0.05) is 47.4 Å². The number of carboxylic acid groups (broad SMARTS) is 1. The number of piperidine rings is 1. The van der Waals surface area contributed by atoms with Gasteiger partial charge in [-0.15, -0.1) is 0 Å². The molecule has 214 valence electrons. The Hall–Kier alpha value is -3.73. The molecule has 1 fully saturated rings. The lowest BCUT2D eigenvalue weighted by molar-refractivity contribution is -0.138. The Morgan fingerprint density at radius 1 is 1.07 bits per heavy atom. The van der Waals surface area contributed by atoms with E-state index in [0.29, 0.717) is 46.4 Å². The summed E-state index contributed by atoms with van der Waals surface area (Å²) in [6.07, 6.45) is 8.75. The fourth-order valence-electron chi connectivity index (χ4n) is 4.94. The smallest absolute Gasteiger partial charge is 0.303 e. The molecule has 0 unspecified atom stereocenters. The molecule has 1 aliphatic rings. The van der Waals surface area contributed by atoms with E-state index in [2.05, 4.69) is 32.1 Å². The summed E-state index contributed by atoms with van der Waals surface area (Å²) in [6, 6.07) is 9.21. The number of likely N-dealkylation sites (tertiary alicyclic amines) is 1. The van der Waals surface area contributed by atoms with E-state index in [1.807, 2.05) is 35.0 Å². The maximum atomic E-state index is 11.1. The first kappa shape index (κ1) is 28.8. The number of rotatable bonds is 11. The maximum absolute atomic E-state index is 11.1. The van der Waals surface area contributed by atoms with Crippen LogP contribution in [0.2, 0.25) is 10.0 Å². The van der Waals surface area contributed by atoms with Gasteiger partial charge < -0.3 is 19.7 Å². The van der Waals surface area contributed by atoms with E-state index in [1.165, 1.54) is 0 Å². The van der Waals surface area contributed by atoms with Crippen molar-refractivity contribution in [1.82, 2.24) is 29.4 Å². The van der Waals surface area contributed by atoms with E-state index < -0.39 is 5.97 Å². The Kier molecular flexibility index (Phi) is 9.33. The zero-order chi connectivity index (χ0) is 28.8. The van der Waals surface area contributed by atoms with Gasteiger partial charge in [0.05, 0.1) is 36.7 Å². The van der Waals surface area contributed by atoms with Crippen LogP contribution >= 0.6 is 23.2 Å². The summed E-state index contributed by atoms with van der Waals surface area (Å²) in [5.74, 6) is 0.800. The largest absolute Gasteiger partial charge is 0.481 e. The summed E-state index contributed by atoms with van der Waals surface area (Å²) < 4.78 is 8.15. The average Bonchev–Trinajstić information content (AvgIpc) is 3.40. The van der Waals surface area contributed by atoms with Crippen LogP contribution in [0.15, 0.2) is 55.2 Å². The minimum absolute atomic E-state index is 0.218. The highest BCUT2D eigenvalue weighted by Crippen LogP contribution is 2.31. The van der Waals surface area contributed by atoms with Crippen molar-refractivity contribution < 1.29 is 14.6 Å². The maximum Gasteiger partial charge on any atom is 0.303 e. The van der Waals surface area contributed by atoms with Crippen molar-refractivity contribution in [3.05, 3.63) is 76.6 Å². The third-order valence-electron chi connectivity index (χ3n) is 7.01. The number of pyridine rings is 1. The number of anilines is 1. The lowest BCUT2D eigenvalue weighted by Crippen LogP contribution is -2.33. The zero-order valence-electron chi connectivity index (χ0n) is 22.6. The molecular formula is C29H31Cl2N7O3. The molecule has 0 saturated carbocycles. The Bertz CT molecular complexity index is 1470. The van der Waals surface area contributed by atoms with Gasteiger partial charge in [-0.1, -0.05) is 23.2 Å². The van der Waals surface area contributed by atoms with Gasteiger partial charge in [-0.05, 0) is 68.6 Å². The van der Waals surface area contributed by atoms with E-state index in [0.717, 1.165) is 49.3 Å². The number of nitrogens with one attached hydrogen (secondary N) is 1. The van der Waals surface area contributed by atoms with Gasteiger partial charge >= 0.3 is 5.97 Å². The minimum atomic E-state index is -0.735. The number of aryl methyl sites for hydroxylation is 1. The van der Waals surface area contributed by atoms with Crippen LogP contribution in [0.3, 0.4) is 0 Å². The molecule has 1 saturated heterocycles. The van der Waals surface area contributed by atoms with E-state index in [9.17, 15) is 4.79 Å². The summed E-state index contributed by atoms with van der Waals surface area (Å²) in [5, 5.41) is 13.4. The van der Waals surface area contributed by atoms with Crippen LogP contribution in [0.25, 0.3) is 11.3 Å². The van der Waals surface area contributed by atoms with Gasteiger partial charge in [0.15, 0.2) is 5.75 Å². The molecule has 1 aliphatic heterocycles. The molecule has 0 amide bonds. The fraction of sp³-hybridized carbons (Fsp3) is 0.345. The highest BCUT2D eigenvalue weighted by Gasteiger charge is 2.22. The van der Waals surface area contributed by atoms with Crippen LogP contribution in [0.5, 0.6) is 11.6 Å². The molecule has 5 rings (SSSR count). The molecule has 0 atom stereocenters. The highest BCUT2D eigenvalue weighted by atomic mass is 35.5. The molecule has 0 bridgehead atoms. The van der Waals surface area contributed by atoms with E-state index >= 15 is 0 Å². The Labute approximate surface area is 248 Å². The van der Waals surface area contributed by atoms with Crippen molar-refractivity contribution in [3.63, 3.8) is 0 Å². The van der Waals surface area contributed by atoms with Gasteiger partial charge in [0.25, 0.3) is 0 Å². The number of ether oxygens (including phenoxy) is 1. The number of carbonyl (C=O) groups is 1. The van der Waals surface area contributed by atoms with Crippen molar-refractivity contribution in [2.45, 2.75) is 45.8 Å². The first-order valence-electron chi connectivity index (χ1n) is 13.5. The summed E-state index contributed by atoms with van der Waals surface area (Å²) in [4.78, 5) is 31.1. The zero-order valence-corrected chi connectivity index (χ0v) is 24.1. The van der Waals surface area contributed by atoms with Gasteiger partial charge in [0.1, 0.15) is 0 Å². The number of imidazole rings is 1. The molecule has 10 nitrogen and oxygen atoms in total. The minimum Gasteiger partial charge on any atom is -0.481 e. The monoisotopic (exact) mass is 595 g/mol. The third-order valence-corrected chi connectivity index (χ3v) is 7.45. The normalized spacial score (nSPS) is 14.2. The van der Waals surface area contributed by atoms with Gasteiger partial charge in [0.2, 0.25) is 11.8 Å². The molecule has 0 spiro atoms. The van der Waals surface area contributed by atoms with Gasteiger partial charge in [-0.2, -0.15) is 0 Å². The van der Waals surface area contributed by atoms with Gasteiger partial charge in [-0.3, -0.25) is 9.69 Å². The predicted octanol–water partition coefficient (Wildman–Crippen LogP) is 6.15. The summed E-state index contributed by atoms with van der Waals surface area (Å²) in [6.45, 7) is 5.79. The molecule has 2 N–H and O–H groups in total. The average molecular weight is 597 g/mol. The lowest BCUT2D eigenvalue weighted by Gasteiger charge is -2.31. The second kappa shape index (κ2) is 13.3. The SMILES string of the molecule is CCn1cncc1CNc1ncc(Oc2cc(CN3CCC(CC(=O)O)CC3)cc(-c3cc(Cl)cc(Cl)c3)n2)cn1. The number of hydrogen-bond acceptors (Lipinski definition) is 8. The molecule has 12 heteroatoms. The third kappa shape index (κ3) is 7.93. The van der Waals surface area contributed by atoms with Crippen molar-refractivity contribution in [2.75, 3.05) is 18.4 Å². The van der Waals surface area contributed by atoms with E-state index in [1.54, 1.807) is 24.8 Å². The van der Waals surface area contributed by atoms with Crippen LogP contribution in [-0.2, 0) is 24.4 Å². The van der Waals surface area contributed by atoms with Crippen LogP contribution in [0.4, 0.5) is 5.95 Å². The predicted molar refractivity (Wildman–Crippen MR) is 157 cm³/mol. The number of benzene rings is 1. The molecular weight excluding hydrogens is 565 g/mol. The summed E-state index contributed by atoms with van der Waals surface area (Å²) in [7, 11) is 0. The Morgan fingerprint density at radius 3 is 2.49 bits per heavy atom. The van der Waals surface area contributed by atoms with Crippen molar-refractivity contribution >= 4 is 35.1 Å². The van der Waals surface area contributed by atoms with Crippen LogP contribution in [-0.4, -0.2) is 53.6 Å². The highest BCUT2D eigenvalue weighted by molar-refractivity contribution is 6.35. The van der Waals surface area contributed by atoms with Crippen LogP contribution in [0.1, 0.15) is 37.4 Å². The first-order chi connectivity index (χ1) is 19.8. The quantitative estimate of drug-likeness (QED) is 0.210. The van der Waals surface area contributed by atoms with Crippen molar-refractivity contribution in [3.8, 4) is 22.9 Å². The topological polar surface area (TPSA) is 118 Å². The van der Waals surface area contributed by atoms with Crippen LogP contribution < -0.4 is 10.1 Å². The number of nitrogens with zero attached hydrogens (tertiary/aromatic N) is 6. The second-order valence-corrected chi connectivity index (χ2v) is 10.9. The molecule has 4 aromatic rings. The first-order valence-corrected chi connectivity index (χ1v) is 14.2. The van der Waals surface area contributed by atoms with E-state index in [4.69, 9.17) is 38.0 Å².